The zero-order valence-corrected chi connectivity index (χ0v) is 14.8. The van der Waals surface area contributed by atoms with Crippen LogP contribution in [0.2, 0.25) is 0 Å². The van der Waals surface area contributed by atoms with Crippen molar-refractivity contribution in [2.75, 3.05) is 23.1 Å². The summed E-state index contributed by atoms with van der Waals surface area (Å²) in [4.78, 5) is 20.4. The first-order valence-corrected chi connectivity index (χ1v) is 8.12. The summed E-state index contributed by atoms with van der Waals surface area (Å²) in [5.74, 6) is 1.24. The molecule has 8 heteroatoms. The van der Waals surface area contributed by atoms with Crippen molar-refractivity contribution >= 4 is 28.9 Å². The predicted octanol–water partition coefficient (Wildman–Crippen LogP) is 4.32. The van der Waals surface area contributed by atoms with Crippen molar-refractivity contribution in [2.24, 2.45) is 0 Å². The summed E-state index contributed by atoms with van der Waals surface area (Å²) in [5.41, 5.74) is 1.75. The molecular formula is C19H18FN5O2. The van der Waals surface area contributed by atoms with E-state index in [0.29, 0.717) is 28.9 Å². The van der Waals surface area contributed by atoms with E-state index >= 15 is 0 Å². The molecule has 27 heavy (non-hydrogen) atoms. The fourth-order valence-electron chi connectivity index (χ4n) is 2.35. The predicted molar refractivity (Wildman–Crippen MR) is 102 cm³/mol. The van der Waals surface area contributed by atoms with Gasteiger partial charge in [0, 0.05) is 23.1 Å². The Hall–Kier alpha value is -3.68. The molecule has 3 rings (SSSR count). The molecule has 2 aromatic carbocycles. The Kier molecular flexibility index (Phi) is 5.46. The summed E-state index contributed by atoms with van der Waals surface area (Å²) in [6.45, 7) is 1.78. The zero-order valence-electron chi connectivity index (χ0n) is 14.8. The van der Waals surface area contributed by atoms with Crippen LogP contribution in [0, 0.1) is 12.7 Å². The third-order valence-corrected chi connectivity index (χ3v) is 3.52. The summed E-state index contributed by atoms with van der Waals surface area (Å²) in [6, 6.07) is 14.0. The van der Waals surface area contributed by atoms with E-state index in [2.05, 4.69) is 25.9 Å². The summed E-state index contributed by atoms with van der Waals surface area (Å²) in [5, 5.41) is 8.40. The van der Waals surface area contributed by atoms with Crippen LogP contribution in [-0.2, 0) is 0 Å². The van der Waals surface area contributed by atoms with Crippen LogP contribution >= 0.6 is 0 Å². The number of hydrogen-bond acceptors (Lipinski definition) is 5. The molecule has 138 valence electrons. The van der Waals surface area contributed by atoms with Gasteiger partial charge in [0.05, 0.1) is 7.11 Å². The molecule has 1 heterocycles. The van der Waals surface area contributed by atoms with Gasteiger partial charge in [-0.3, -0.25) is 0 Å². The maximum atomic E-state index is 13.1. The smallest absolute Gasteiger partial charge is 0.323 e. The third-order valence-electron chi connectivity index (χ3n) is 3.52. The fourth-order valence-corrected chi connectivity index (χ4v) is 2.35. The number of aromatic nitrogens is 2. The highest BCUT2D eigenvalue weighted by atomic mass is 19.1. The number of urea groups is 1. The van der Waals surface area contributed by atoms with Crippen molar-refractivity contribution in [1.82, 2.24) is 9.97 Å². The summed E-state index contributed by atoms with van der Waals surface area (Å²) in [6.07, 6.45) is 0. The van der Waals surface area contributed by atoms with Gasteiger partial charge in [-0.05, 0) is 49.4 Å². The van der Waals surface area contributed by atoms with Gasteiger partial charge >= 0.3 is 6.03 Å². The lowest BCUT2D eigenvalue weighted by atomic mass is 10.2. The fraction of sp³-hybridized carbons (Fsp3) is 0.105. The quantitative estimate of drug-likeness (QED) is 0.625. The first-order valence-electron chi connectivity index (χ1n) is 8.12. The molecule has 0 aliphatic heterocycles. The average Bonchev–Trinajstić information content (AvgIpc) is 2.63. The standard InChI is InChI=1S/C19H18FN5O2/c1-12-21-17(11-18(22-12)27-2)23-14-6-8-15(9-7-14)24-19(26)25-16-5-3-4-13(20)10-16/h3-11H,1-2H3,(H,21,22,23)(H2,24,25,26). The number of ether oxygens (including phenoxy) is 1. The van der Waals surface area contributed by atoms with Gasteiger partial charge in [-0.15, -0.1) is 0 Å². The maximum absolute atomic E-state index is 13.1. The average molecular weight is 367 g/mol. The van der Waals surface area contributed by atoms with E-state index in [0.717, 1.165) is 5.69 Å². The Morgan fingerprint density at radius 1 is 0.963 bits per heavy atom. The third kappa shape index (κ3) is 5.15. The van der Waals surface area contributed by atoms with Crippen molar-refractivity contribution in [1.29, 1.82) is 0 Å². The van der Waals surface area contributed by atoms with E-state index in [9.17, 15) is 9.18 Å². The lowest BCUT2D eigenvalue weighted by Gasteiger charge is -2.10. The van der Waals surface area contributed by atoms with E-state index in [1.165, 1.54) is 18.2 Å². The number of methoxy groups -OCH3 is 1. The van der Waals surface area contributed by atoms with Crippen LogP contribution in [0.15, 0.2) is 54.6 Å². The van der Waals surface area contributed by atoms with Crippen molar-refractivity contribution in [2.45, 2.75) is 6.92 Å². The van der Waals surface area contributed by atoms with Gasteiger partial charge in [-0.2, -0.15) is 4.98 Å². The van der Waals surface area contributed by atoms with Gasteiger partial charge in [0.1, 0.15) is 17.5 Å². The molecule has 0 fully saturated rings. The second-order valence-corrected chi connectivity index (χ2v) is 5.63. The number of carbonyl (C=O) groups excluding carboxylic acids is 1. The lowest BCUT2D eigenvalue weighted by molar-refractivity contribution is 0.262. The van der Waals surface area contributed by atoms with Crippen LogP contribution in [-0.4, -0.2) is 23.1 Å². The molecule has 3 N–H and O–H groups in total. The van der Waals surface area contributed by atoms with Crippen molar-refractivity contribution < 1.29 is 13.9 Å². The van der Waals surface area contributed by atoms with Crippen molar-refractivity contribution in [3.05, 3.63) is 66.2 Å². The number of halogens is 1. The van der Waals surface area contributed by atoms with Crippen LogP contribution in [0.1, 0.15) is 5.82 Å². The van der Waals surface area contributed by atoms with E-state index in [-0.39, 0.29) is 0 Å². The van der Waals surface area contributed by atoms with Gasteiger partial charge in [0.25, 0.3) is 0 Å². The molecule has 0 bridgehead atoms. The molecule has 0 radical (unpaired) electrons. The van der Waals surface area contributed by atoms with Crippen LogP contribution in [0.4, 0.5) is 32.1 Å². The maximum Gasteiger partial charge on any atom is 0.323 e. The first-order chi connectivity index (χ1) is 13.0. The van der Waals surface area contributed by atoms with Crippen LogP contribution in [0.3, 0.4) is 0 Å². The number of carbonyl (C=O) groups is 1. The molecular weight excluding hydrogens is 349 g/mol. The molecule has 0 saturated heterocycles. The lowest BCUT2D eigenvalue weighted by Crippen LogP contribution is -2.19. The van der Waals surface area contributed by atoms with Crippen molar-refractivity contribution in [3.8, 4) is 5.88 Å². The van der Waals surface area contributed by atoms with Gasteiger partial charge in [0.2, 0.25) is 5.88 Å². The number of nitrogens with one attached hydrogen (secondary N) is 3. The van der Waals surface area contributed by atoms with Gasteiger partial charge < -0.3 is 20.7 Å². The number of benzene rings is 2. The molecule has 0 atom stereocenters. The Morgan fingerprint density at radius 3 is 2.37 bits per heavy atom. The summed E-state index contributed by atoms with van der Waals surface area (Å²) in [7, 11) is 1.54. The number of nitrogens with zero attached hydrogens (tertiary/aromatic N) is 2. The molecule has 0 spiro atoms. The SMILES string of the molecule is COc1cc(Nc2ccc(NC(=O)Nc3cccc(F)c3)cc2)nc(C)n1. The number of hydrogen-bond donors (Lipinski definition) is 3. The Labute approximate surface area is 155 Å². The Bertz CT molecular complexity index is 947. The van der Waals surface area contributed by atoms with E-state index in [1.807, 2.05) is 0 Å². The summed E-state index contributed by atoms with van der Waals surface area (Å²) >= 11 is 0. The largest absolute Gasteiger partial charge is 0.481 e. The molecule has 7 nitrogen and oxygen atoms in total. The van der Waals surface area contributed by atoms with Gasteiger partial charge in [-0.1, -0.05) is 6.07 Å². The molecule has 3 aromatic rings. The highest BCUT2D eigenvalue weighted by Gasteiger charge is 2.05. The molecule has 0 aliphatic carbocycles. The minimum atomic E-state index is -0.461. The molecule has 1 aromatic heterocycles. The van der Waals surface area contributed by atoms with Gasteiger partial charge in [0.15, 0.2) is 0 Å². The minimum Gasteiger partial charge on any atom is -0.481 e. The van der Waals surface area contributed by atoms with E-state index < -0.39 is 11.8 Å². The van der Waals surface area contributed by atoms with Crippen LogP contribution < -0.4 is 20.7 Å². The van der Waals surface area contributed by atoms with Gasteiger partial charge in [-0.25, -0.2) is 14.2 Å². The number of anilines is 4. The highest BCUT2D eigenvalue weighted by molar-refractivity contribution is 5.99. The summed E-state index contributed by atoms with van der Waals surface area (Å²) < 4.78 is 18.3. The highest BCUT2D eigenvalue weighted by Crippen LogP contribution is 2.20. The van der Waals surface area contributed by atoms with E-state index in [1.54, 1.807) is 50.4 Å². The number of rotatable bonds is 5. The minimum absolute atomic E-state index is 0.374. The zero-order chi connectivity index (χ0) is 19.2. The first kappa shape index (κ1) is 18.1. The molecule has 2 amide bonds. The van der Waals surface area contributed by atoms with E-state index in [4.69, 9.17) is 4.74 Å². The van der Waals surface area contributed by atoms with Crippen LogP contribution in [0.25, 0.3) is 0 Å². The number of aryl methyl sites for hydroxylation is 1. The van der Waals surface area contributed by atoms with Crippen LogP contribution in [0.5, 0.6) is 5.88 Å². The molecule has 0 saturated carbocycles. The van der Waals surface area contributed by atoms with Crippen molar-refractivity contribution in [3.63, 3.8) is 0 Å². The Balaban J connectivity index is 1.61. The number of amides is 2. The second kappa shape index (κ2) is 8.13. The normalized spacial score (nSPS) is 10.2. The Morgan fingerprint density at radius 2 is 1.67 bits per heavy atom. The topological polar surface area (TPSA) is 88.2 Å². The second-order valence-electron chi connectivity index (χ2n) is 5.63. The molecule has 0 unspecified atom stereocenters. The molecule has 0 aliphatic rings. The monoisotopic (exact) mass is 367 g/mol.